The summed E-state index contributed by atoms with van der Waals surface area (Å²) < 4.78 is 19.3. The highest BCUT2D eigenvalue weighted by Gasteiger charge is 2.24. The predicted octanol–water partition coefficient (Wildman–Crippen LogP) is 6.18. The Morgan fingerprint density at radius 3 is 2.44 bits per heavy atom. The van der Waals surface area contributed by atoms with Crippen molar-refractivity contribution in [2.24, 2.45) is 4.99 Å². The number of ether oxygens (including phenoxy) is 3. The fourth-order valence-electron chi connectivity index (χ4n) is 3.40. The molecule has 0 radical (unpaired) electrons. The molecule has 7 nitrogen and oxygen atoms in total. The fraction of sp³-hybridized carbons (Fsp3) is 0.148. The van der Waals surface area contributed by atoms with Crippen LogP contribution in [0.1, 0.15) is 30.5 Å². The highest BCUT2D eigenvalue weighted by atomic mass is 127. The Balaban J connectivity index is 1.56. The van der Waals surface area contributed by atoms with Crippen molar-refractivity contribution in [1.82, 2.24) is 0 Å². The van der Waals surface area contributed by atoms with E-state index in [1.807, 2.05) is 43.3 Å². The van der Waals surface area contributed by atoms with Crippen molar-refractivity contribution in [3.63, 3.8) is 0 Å². The Labute approximate surface area is 236 Å². The molecule has 1 heterocycles. The largest absolute Gasteiger partial charge is 0.490 e. The van der Waals surface area contributed by atoms with E-state index in [-0.39, 0.29) is 17.5 Å². The number of nitrogens with one attached hydrogen (secondary N) is 1. The summed E-state index contributed by atoms with van der Waals surface area (Å²) in [4.78, 5) is 28.1. The zero-order valence-electron chi connectivity index (χ0n) is 19.5. The second kappa shape index (κ2) is 11.9. The number of esters is 1. The van der Waals surface area contributed by atoms with Crippen LogP contribution in [0.5, 0.6) is 11.5 Å². The molecule has 184 valence electrons. The van der Waals surface area contributed by atoms with Gasteiger partial charge in [0.1, 0.15) is 6.61 Å². The molecule has 0 saturated heterocycles. The maximum absolute atomic E-state index is 12.5. The Hall–Kier alpha value is -2.93. The van der Waals surface area contributed by atoms with Crippen LogP contribution in [0.3, 0.4) is 0 Å². The summed E-state index contributed by atoms with van der Waals surface area (Å²) in [6.07, 6.45) is 1.66. The SMILES string of the molecule is CCOc1cc(/C=C2\N=C(c3ccc(NC(C)=O)cc3)OC2=O)cc(I)c1OCc1ccc(I)cc1. The molecule has 1 amide bonds. The number of cyclic esters (lactones) is 1. The first kappa shape index (κ1) is 26.1. The van der Waals surface area contributed by atoms with Gasteiger partial charge < -0.3 is 19.5 Å². The molecule has 0 aromatic heterocycles. The van der Waals surface area contributed by atoms with Gasteiger partial charge in [0.25, 0.3) is 0 Å². The average molecular weight is 708 g/mol. The van der Waals surface area contributed by atoms with E-state index in [0.29, 0.717) is 36.0 Å². The average Bonchev–Trinajstić information content (AvgIpc) is 3.20. The first-order chi connectivity index (χ1) is 17.3. The number of anilines is 1. The van der Waals surface area contributed by atoms with Gasteiger partial charge in [-0.3, -0.25) is 4.79 Å². The molecule has 0 saturated carbocycles. The van der Waals surface area contributed by atoms with Crippen molar-refractivity contribution in [2.45, 2.75) is 20.5 Å². The van der Waals surface area contributed by atoms with Crippen LogP contribution in [-0.4, -0.2) is 24.4 Å². The zero-order valence-corrected chi connectivity index (χ0v) is 23.8. The van der Waals surface area contributed by atoms with Crippen LogP contribution in [0.15, 0.2) is 71.4 Å². The summed E-state index contributed by atoms with van der Waals surface area (Å²) >= 11 is 4.47. The smallest absolute Gasteiger partial charge is 0.363 e. The van der Waals surface area contributed by atoms with Gasteiger partial charge in [0.2, 0.25) is 11.8 Å². The third-order valence-corrected chi connectivity index (χ3v) is 6.52. The van der Waals surface area contributed by atoms with E-state index < -0.39 is 5.97 Å². The Bertz CT molecular complexity index is 1350. The standard InChI is InChI=1S/C27H22I2N2O5/c1-3-34-24-14-18(12-22(29)25(24)35-15-17-4-8-20(28)9-5-17)13-23-27(33)36-26(31-23)19-6-10-21(11-7-19)30-16(2)32/h4-14H,3,15H2,1-2H3,(H,30,32)/b23-13-. The van der Waals surface area contributed by atoms with E-state index >= 15 is 0 Å². The fourth-order valence-corrected chi connectivity index (χ4v) is 4.54. The molecule has 1 aliphatic rings. The van der Waals surface area contributed by atoms with Gasteiger partial charge in [-0.1, -0.05) is 12.1 Å². The van der Waals surface area contributed by atoms with Crippen molar-refractivity contribution >= 4 is 74.7 Å². The Morgan fingerprint density at radius 1 is 1.06 bits per heavy atom. The van der Waals surface area contributed by atoms with Gasteiger partial charge in [-0.25, -0.2) is 9.79 Å². The molecule has 3 aromatic carbocycles. The van der Waals surface area contributed by atoms with Crippen molar-refractivity contribution in [2.75, 3.05) is 11.9 Å². The Kier molecular flexibility index (Phi) is 8.62. The van der Waals surface area contributed by atoms with Crippen LogP contribution in [-0.2, 0) is 20.9 Å². The predicted molar refractivity (Wildman–Crippen MR) is 155 cm³/mol. The molecule has 0 atom stereocenters. The number of amides is 1. The van der Waals surface area contributed by atoms with Crippen LogP contribution in [0, 0.1) is 7.14 Å². The van der Waals surface area contributed by atoms with Crippen molar-refractivity contribution in [3.8, 4) is 11.5 Å². The van der Waals surface area contributed by atoms with E-state index in [4.69, 9.17) is 14.2 Å². The molecule has 0 fully saturated rings. The normalized spacial score (nSPS) is 13.8. The number of aliphatic imine (C=N–C) groups is 1. The molecular formula is C27H22I2N2O5. The maximum Gasteiger partial charge on any atom is 0.363 e. The third kappa shape index (κ3) is 6.64. The highest BCUT2D eigenvalue weighted by Crippen LogP contribution is 2.36. The minimum atomic E-state index is -0.539. The molecule has 1 aliphatic heterocycles. The zero-order chi connectivity index (χ0) is 25.7. The topological polar surface area (TPSA) is 86.2 Å². The van der Waals surface area contributed by atoms with Gasteiger partial charge in [-0.2, -0.15) is 0 Å². The minimum absolute atomic E-state index is 0.162. The minimum Gasteiger partial charge on any atom is -0.490 e. The molecule has 36 heavy (non-hydrogen) atoms. The first-order valence-electron chi connectivity index (χ1n) is 11.1. The Morgan fingerprint density at radius 2 is 1.78 bits per heavy atom. The van der Waals surface area contributed by atoms with E-state index in [1.54, 1.807) is 30.3 Å². The summed E-state index contributed by atoms with van der Waals surface area (Å²) in [5, 5.41) is 2.70. The molecule has 1 N–H and O–H groups in total. The van der Waals surface area contributed by atoms with Crippen LogP contribution >= 0.6 is 45.2 Å². The van der Waals surface area contributed by atoms with Crippen molar-refractivity contribution in [3.05, 3.63) is 90.2 Å². The summed E-state index contributed by atoms with van der Waals surface area (Å²) in [7, 11) is 0. The molecule has 3 aromatic rings. The molecule has 0 unspecified atom stereocenters. The van der Waals surface area contributed by atoms with Crippen LogP contribution in [0.4, 0.5) is 5.69 Å². The van der Waals surface area contributed by atoms with Crippen LogP contribution in [0.25, 0.3) is 6.08 Å². The second-order valence-electron chi connectivity index (χ2n) is 7.77. The van der Waals surface area contributed by atoms with Crippen molar-refractivity contribution < 1.29 is 23.8 Å². The van der Waals surface area contributed by atoms with Crippen LogP contribution in [0.2, 0.25) is 0 Å². The number of halogens is 2. The molecule has 0 spiro atoms. The molecular weight excluding hydrogens is 686 g/mol. The van der Waals surface area contributed by atoms with Gasteiger partial charge in [0.05, 0.1) is 10.2 Å². The molecule has 0 bridgehead atoms. The molecule has 4 rings (SSSR count). The molecule has 9 heteroatoms. The monoisotopic (exact) mass is 708 g/mol. The summed E-state index contributed by atoms with van der Waals surface area (Å²) in [5.74, 6) is 0.743. The van der Waals surface area contributed by atoms with E-state index in [0.717, 1.165) is 18.3 Å². The first-order valence-corrected chi connectivity index (χ1v) is 13.2. The lowest BCUT2D eigenvalue weighted by atomic mass is 10.1. The number of rotatable bonds is 8. The number of hydrogen-bond donors (Lipinski definition) is 1. The van der Waals surface area contributed by atoms with E-state index in [1.165, 1.54) is 6.92 Å². The number of nitrogens with zero attached hydrogens (tertiary/aromatic N) is 1. The number of carbonyl (C=O) groups excluding carboxylic acids is 2. The second-order valence-corrected chi connectivity index (χ2v) is 10.2. The third-order valence-electron chi connectivity index (χ3n) is 5.00. The summed E-state index contributed by atoms with van der Waals surface area (Å²) in [6.45, 7) is 4.22. The van der Waals surface area contributed by atoms with Gasteiger partial charge >= 0.3 is 5.97 Å². The number of carbonyl (C=O) groups is 2. The van der Waals surface area contributed by atoms with Crippen LogP contribution < -0.4 is 14.8 Å². The number of benzene rings is 3. The van der Waals surface area contributed by atoms with Gasteiger partial charge in [0, 0.05) is 21.7 Å². The van der Waals surface area contributed by atoms with Gasteiger partial charge in [-0.05, 0) is 118 Å². The summed E-state index contributed by atoms with van der Waals surface area (Å²) in [6, 6.07) is 18.8. The van der Waals surface area contributed by atoms with E-state index in [2.05, 4.69) is 55.5 Å². The summed E-state index contributed by atoms with van der Waals surface area (Å²) in [5.41, 5.74) is 3.25. The lowest BCUT2D eigenvalue weighted by molar-refractivity contribution is -0.129. The maximum atomic E-state index is 12.5. The quantitative estimate of drug-likeness (QED) is 0.172. The lowest BCUT2D eigenvalue weighted by Gasteiger charge is -2.15. The highest BCUT2D eigenvalue weighted by molar-refractivity contribution is 14.1. The lowest BCUT2D eigenvalue weighted by Crippen LogP contribution is -2.07. The van der Waals surface area contributed by atoms with E-state index in [9.17, 15) is 9.59 Å². The number of hydrogen-bond acceptors (Lipinski definition) is 6. The molecule has 0 aliphatic carbocycles. The van der Waals surface area contributed by atoms with Gasteiger partial charge in [-0.15, -0.1) is 0 Å². The van der Waals surface area contributed by atoms with Crippen molar-refractivity contribution in [1.29, 1.82) is 0 Å². The van der Waals surface area contributed by atoms with Gasteiger partial charge in [0.15, 0.2) is 17.2 Å².